The van der Waals surface area contributed by atoms with Crippen LogP contribution in [0.15, 0.2) is 18.2 Å². The van der Waals surface area contributed by atoms with Gasteiger partial charge in [-0.25, -0.2) is 4.79 Å². The Balaban J connectivity index is 2.06. The Morgan fingerprint density at radius 3 is 2.53 bits per heavy atom. The molecule has 0 saturated carbocycles. The first-order valence-electron chi connectivity index (χ1n) is 6.75. The molecule has 0 radical (unpaired) electrons. The lowest BCUT2D eigenvalue weighted by Crippen LogP contribution is -2.49. The predicted molar refractivity (Wildman–Crippen MR) is 76.5 cm³/mol. The summed E-state index contributed by atoms with van der Waals surface area (Å²) < 4.78 is 5.64. The molecule has 2 rings (SSSR count). The molecule has 1 N–H and O–H groups in total. The van der Waals surface area contributed by atoms with Crippen molar-refractivity contribution in [1.29, 1.82) is 0 Å². The quantitative estimate of drug-likeness (QED) is 0.845. The summed E-state index contributed by atoms with van der Waals surface area (Å²) in [6.45, 7) is 9.34. The van der Waals surface area contributed by atoms with Crippen LogP contribution in [0.25, 0.3) is 0 Å². The lowest BCUT2D eigenvalue weighted by molar-refractivity contribution is -0.0530. The van der Waals surface area contributed by atoms with E-state index in [1.54, 1.807) is 0 Å². The van der Waals surface area contributed by atoms with Gasteiger partial charge in [0, 0.05) is 18.8 Å². The summed E-state index contributed by atoms with van der Waals surface area (Å²) in [6.07, 6.45) is 0.182. The van der Waals surface area contributed by atoms with Crippen molar-refractivity contribution in [3.63, 3.8) is 0 Å². The monoisotopic (exact) mass is 262 g/mol. The zero-order chi connectivity index (χ0) is 14.0. The second-order valence-corrected chi connectivity index (χ2v) is 5.34. The first kappa shape index (κ1) is 13.9. The molecule has 1 aromatic carbocycles. The van der Waals surface area contributed by atoms with Crippen LogP contribution in [-0.4, -0.2) is 36.2 Å². The van der Waals surface area contributed by atoms with Gasteiger partial charge in [0.05, 0.1) is 12.2 Å². The number of carbonyl (C=O) groups excluding carboxylic acids is 1. The van der Waals surface area contributed by atoms with E-state index in [9.17, 15) is 4.79 Å². The summed E-state index contributed by atoms with van der Waals surface area (Å²) in [5, 5.41) is 2.99. The molecule has 4 nitrogen and oxygen atoms in total. The molecule has 2 amide bonds. The molecule has 104 valence electrons. The van der Waals surface area contributed by atoms with E-state index in [0.717, 1.165) is 11.3 Å². The van der Waals surface area contributed by atoms with Crippen LogP contribution in [0.4, 0.5) is 10.5 Å². The maximum Gasteiger partial charge on any atom is 0.322 e. The van der Waals surface area contributed by atoms with Crippen molar-refractivity contribution in [1.82, 2.24) is 4.90 Å². The molecule has 1 aromatic rings. The molecule has 0 bridgehead atoms. The van der Waals surface area contributed by atoms with Crippen molar-refractivity contribution < 1.29 is 9.53 Å². The maximum atomic E-state index is 12.3. The van der Waals surface area contributed by atoms with E-state index in [4.69, 9.17) is 4.74 Å². The molecule has 0 aliphatic carbocycles. The summed E-state index contributed by atoms with van der Waals surface area (Å²) in [6, 6.07) is 5.90. The number of benzene rings is 1. The fraction of sp³-hybridized carbons (Fsp3) is 0.533. The summed E-state index contributed by atoms with van der Waals surface area (Å²) in [7, 11) is 0. The topological polar surface area (TPSA) is 41.6 Å². The zero-order valence-electron chi connectivity index (χ0n) is 12.1. The number of hydrogen-bond donors (Lipinski definition) is 1. The second kappa shape index (κ2) is 5.61. The molecule has 1 heterocycles. The van der Waals surface area contributed by atoms with Gasteiger partial charge in [-0.2, -0.15) is 0 Å². The van der Waals surface area contributed by atoms with Crippen molar-refractivity contribution in [2.75, 3.05) is 18.4 Å². The Morgan fingerprint density at radius 1 is 1.26 bits per heavy atom. The molecule has 1 aliphatic heterocycles. The van der Waals surface area contributed by atoms with Gasteiger partial charge in [-0.05, 0) is 44.9 Å². The lowest BCUT2D eigenvalue weighted by atomic mass is 10.1. The Hall–Kier alpha value is -1.55. The number of ether oxygens (including phenoxy) is 1. The van der Waals surface area contributed by atoms with E-state index < -0.39 is 0 Å². The number of hydrogen-bond acceptors (Lipinski definition) is 2. The fourth-order valence-corrected chi connectivity index (χ4v) is 2.42. The van der Waals surface area contributed by atoms with E-state index in [1.165, 1.54) is 5.56 Å². The molecule has 4 heteroatoms. The third-order valence-corrected chi connectivity index (χ3v) is 3.55. The van der Waals surface area contributed by atoms with Gasteiger partial charge in [0.2, 0.25) is 0 Å². The predicted octanol–water partition coefficient (Wildman–Crippen LogP) is 2.94. The largest absolute Gasteiger partial charge is 0.372 e. The Morgan fingerprint density at radius 2 is 1.89 bits per heavy atom. The molecule has 2 atom stereocenters. The van der Waals surface area contributed by atoms with E-state index in [2.05, 4.69) is 5.32 Å². The molecule has 19 heavy (non-hydrogen) atoms. The molecule has 0 spiro atoms. The smallest absolute Gasteiger partial charge is 0.322 e. The fourth-order valence-electron chi connectivity index (χ4n) is 2.42. The highest BCUT2D eigenvalue weighted by atomic mass is 16.5. The molecular weight excluding hydrogens is 240 g/mol. The molecule has 1 fully saturated rings. The number of urea groups is 1. The molecule has 0 aromatic heterocycles. The van der Waals surface area contributed by atoms with Gasteiger partial charge in [0.25, 0.3) is 0 Å². The Bertz CT molecular complexity index is 463. The van der Waals surface area contributed by atoms with Crippen molar-refractivity contribution in [3.8, 4) is 0 Å². The summed E-state index contributed by atoms with van der Waals surface area (Å²) in [5.41, 5.74) is 3.18. The normalized spacial score (nSPS) is 23.3. The van der Waals surface area contributed by atoms with Crippen LogP contribution in [0.1, 0.15) is 25.0 Å². The number of anilines is 1. The van der Waals surface area contributed by atoms with Gasteiger partial charge in [-0.15, -0.1) is 0 Å². The van der Waals surface area contributed by atoms with Gasteiger partial charge >= 0.3 is 6.03 Å². The van der Waals surface area contributed by atoms with Gasteiger partial charge in [0.15, 0.2) is 0 Å². The van der Waals surface area contributed by atoms with Gasteiger partial charge in [-0.1, -0.05) is 12.1 Å². The Kier molecular flexibility index (Phi) is 4.10. The minimum Gasteiger partial charge on any atom is -0.372 e. The highest BCUT2D eigenvalue weighted by molar-refractivity contribution is 5.90. The van der Waals surface area contributed by atoms with Crippen molar-refractivity contribution >= 4 is 11.7 Å². The molecule has 1 aliphatic rings. The van der Waals surface area contributed by atoms with Crippen LogP contribution in [0.2, 0.25) is 0 Å². The summed E-state index contributed by atoms with van der Waals surface area (Å²) in [4.78, 5) is 14.1. The summed E-state index contributed by atoms with van der Waals surface area (Å²) in [5.74, 6) is 0. The number of carbonyl (C=O) groups is 1. The number of nitrogens with one attached hydrogen (secondary N) is 1. The highest BCUT2D eigenvalue weighted by Gasteiger charge is 2.26. The standard InChI is InChI=1S/C15H22N2O2/c1-10-6-5-7-14(13(10)4)16-15(18)17-8-11(2)19-12(3)9-17/h5-7,11-12H,8-9H2,1-4H3,(H,16,18)/t11-,12-/m0/s1. The van der Waals surface area contributed by atoms with Crippen molar-refractivity contribution in [3.05, 3.63) is 29.3 Å². The SMILES string of the molecule is Cc1cccc(NC(=O)N2C[C@H](C)O[C@@H](C)C2)c1C. The van der Waals surface area contributed by atoms with Gasteiger partial charge in [0.1, 0.15) is 0 Å². The number of aryl methyl sites for hydroxylation is 1. The highest BCUT2D eigenvalue weighted by Crippen LogP contribution is 2.19. The maximum absolute atomic E-state index is 12.3. The van der Waals surface area contributed by atoms with E-state index in [1.807, 2.05) is 50.8 Å². The minimum absolute atomic E-state index is 0.0456. The average Bonchev–Trinajstić information content (AvgIpc) is 2.33. The zero-order valence-corrected chi connectivity index (χ0v) is 12.1. The number of amides is 2. The molecule has 1 saturated heterocycles. The van der Waals surface area contributed by atoms with E-state index in [0.29, 0.717) is 13.1 Å². The van der Waals surface area contributed by atoms with E-state index in [-0.39, 0.29) is 18.2 Å². The number of morpholine rings is 1. The average molecular weight is 262 g/mol. The Labute approximate surface area is 114 Å². The van der Waals surface area contributed by atoms with Crippen LogP contribution in [0.3, 0.4) is 0 Å². The molecule has 0 unspecified atom stereocenters. The van der Waals surface area contributed by atoms with Crippen LogP contribution in [0, 0.1) is 13.8 Å². The van der Waals surface area contributed by atoms with Crippen LogP contribution in [-0.2, 0) is 4.74 Å². The van der Waals surface area contributed by atoms with Crippen LogP contribution in [0.5, 0.6) is 0 Å². The number of rotatable bonds is 1. The first-order chi connectivity index (χ1) is 8.97. The molecular formula is C15H22N2O2. The van der Waals surface area contributed by atoms with Crippen molar-refractivity contribution in [2.45, 2.75) is 39.9 Å². The van der Waals surface area contributed by atoms with Crippen LogP contribution >= 0.6 is 0 Å². The second-order valence-electron chi connectivity index (χ2n) is 5.34. The first-order valence-corrected chi connectivity index (χ1v) is 6.75. The summed E-state index contributed by atoms with van der Waals surface area (Å²) >= 11 is 0. The van der Waals surface area contributed by atoms with Crippen LogP contribution < -0.4 is 5.32 Å². The third-order valence-electron chi connectivity index (χ3n) is 3.55. The third kappa shape index (κ3) is 3.26. The van der Waals surface area contributed by atoms with Crippen molar-refractivity contribution in [2.24, 2.45) is 0 Å². The number of nitrogens with zero attached hydrogens (tertiary/aromatic N) is 1. The minimum atomic E-state index is -0.0456. The van der Waals surface area contributed by atoms with E-state index >= 15 is 0 Å². The van der Waals surface area contributed by atoms with Gasteiger partial charge < -0.3 is 15.0 Å². The van der Waals surface area contributed by atoms with Gasteiger partial charge in [-0.3, -0.25) is 0 Å². The lowest BCUT2D eigenvalue weighted by Gasteiger charge is -2.35.